The third-order valence-corrected chi connectivity index (χ3v) is 15.1. The number of unbranched alkanes of at least 4 members (excludes halogenated alkanes) is 33. The number of carbonyl (C=O) groups is 3. The van der Waals surface area contributed by atoms with Gasteiger partial charge in [-0.1, -0.05) is 310 Å². The number of carboxylic acids is 1. The Morgan fingerprint density at radius 3 is 1.01 bits per heavy atom. The molecule has 0 rings (SSSR count). The van der Waals surface area contributed by atoms with E-state index in [2.05, 4.69) is 111 Å². The summed E-state index contributed by atoms with van der Waals surface area (Å²) >= 11 is 0. The highest BCUT2D eigenvalue weighted by Crippen LogP contribution is 2.18. The van der Waals surface area contributed by atoms with E-state index in [1.165, 1.54) is 161 Å². The Balaban J connectivity index is 4.18. The largest absolute Gasteiger partial charge is 0.545 e. The van der Waals surface area contributed by atoms with Gasteiger partial charge in [-0.15, -0.1) is 0 Å². The Morgan fingerprint density at radius 1 is 0.369 bits per heavy atom. The smallest absolute Gasteiger partial charge is 0.306 e. The summed E-state index contributed by atoms with van der Waals surface area (Å²) in [5, 5.41) is 11.8. The van der Waals surface area contributed by atoms with Crippen molar-refractivity contribution in [2.45, 2.75) is 315 Å². The molecule has 0 aliphatic heterocycles. The number of aliphatic carboxylic acids is 1. The van der Waals surface area contributed by atoms with Crippen LogP contribution in [0.5, 0.6) is 0 Å². The van der Waals surface area contributed by atoms with Gasteiger partial charge in [-0.2, -0.15) is 0 Å². The Morgan fingerprint density at radius 2 is 0.679 bits per heavy atom. The van der Waals surface area contributed by atoms with Crippen molar-refractivity contribution in [3.05, 3.63) is 97.2 Å². The van der Waals surface area contributed by atoms with Gasteiger partial charge in [-0.25, -0.2) is 0 Å². The molecule has 0 heterocycles. The van der Waals surface area contributed by atoms with Crippen molar-refractivity contribution in [1.29, 1.82) is 0 Å². The first-order valence-corrected chi connectivity index (χ1v) is 34.9. The van der Waals surface area contributed by atoms with E-state index in [1.807, 2.05) is 21.1 Å². The van der Waals surface area contributed by atoms with Crippen molar-refractivity contribution in [3.63, 3.8) is 0 Å². The fraction of sp³-hybridized carbons (Fsp3) is 0.747. The van der Waals surface area contributed by atoms with Crippen LogP contribution in [-0.4, -0.2) is 82.3 Å². The molecule has 9 nitrogen and oxygen atoms in total. The van der Waals surface area contributed by atoms with Crippen molar-refractivity contribution < 1.29 is 42.9 Å². The molecule has 2 atom stereocenters. The molecule has 0 aliphatic carbocycles. The van der Waals surface area contributed by atoms with Gasteiger partial charge in [0.1, 0.15) is 13.2 Å². The maximum Gasteiger partial charge on any atom is 0.306 e. The Labute approximate surface area is 518 Å². The second kappa shape index (κ2) is 65.2. The molecule has 0 aromatic rings. The average molecular weight is 1170 g/mol. The van der Waals surface area contributed by atoms with Gasteiger partial charge in [0.05, 0.1) is 40.3 Å². The third kappa shape index (κ3) is 65.7. The summed E-state index contributed by atoms with van der Waals surface area (Å²) in [5.74, 6) is -2.30. The summed E-state index contributed by atoms with van der Waals surface area (Å²) in [6.45, 7) is 4.65. The van der Waals surface area contributed by atoms with Crippen molar-refractivity contribution >= 4 is 17.9 Å². The average Bonchev–Trinajstić information content (AvgIpc) is 3.51. The summed E-state index contributed by atoms with van der Waals surface area (Å²) < 4.78 is 22.8. The molecule has 84 heavy (non-hydrogen) atoms. The van der Waals surface area contributed by atoms with Crippen LogP contribution < -0.4 is 5.11 Å². The molecular weight excluding hydrogens is 1040 g/mol. The highest BCUT2D eigenvalue weighted by Gasteiger charge is 2.22. The van der Waals surface area contributed by atoms with Crippen molar-refractivity contribution in [3.8, 4) is 0 Å². The first-order chi connectivity index (χ1) is 41.1. The zero-order valence-electron chi connectivity index (χ0n) is 55.3. The monoisotopic (exact) mass is 1170 g/mol. The van der Waals surface area contributed by atoms with E-state index < -0.39 is 24.3 Å². The van der Waals surface area contributed by atoms with Crippen LogP contribution in [0.25, 0.3) is 0 Å². The van der Waals surface area contributed by atoms with Gasteiger partial charge in [0.15, 0.2) is 12.4 Å². The molecule has 0 aromatic carbocycles. The van der Waals surface area contributed by atoms with Crippen molar-refractivity contribution in [2.75, 3.05) is 47.5 Å². The van der Waals surface area contributed by atoms with Crippen LogP contribution in [-0.2, 0) is 33.3 Å². The molecule has 0 aromatic heterocycles. The van der Waals surface area contributed by atoms with Gasteiger partial charge in [0.2, 0.25) is 0 Å². The molecule has 0 fully saturated rings. The number of nitrogens with zero attached hydrogens (tertiary/aromatic N) is 1. The number of rotatable bonds is 64. The SMILES string of the molecule is CC/C=C\C/C=C\C/C=C\C/C=C\C/C=C\C/C=C\C/C=C\C/C=C\CCCCCCCCC(=O)OC(COC(=O)CCCCCCCCCCCCCCCCCCCCCCCCCCCCCC)COC(OCC[N+](C)(C)C)C(=O)[O-]. The van der Waals surface area contributed by atoms with Crippen molar-refractivity contribution in [1.82, 2.24) is 0 Å². The Kier molecular flexibility index (Phi) is 62.2. The van der Waals surface area contributed by atoms with E-state index in [-0.39, 0.29) is 38.6 Å². The normalized spacial score (nSPS) is 13.3. The number of esters is 2. The molecule has 0 bridgehead atoms. The number of carbonyl (C=O) groups excluding carboxylic acids is 3. The van der Waals surface area contributed by atoms with Gasteiger partial charge in [0, 0.05) is 12.8 Å². The first-order valence-electron chi connectivity index (χ1n) is 34.9. The van der Waals surface area contributed by atoms with E-state index in [4.69, 9.17) is 18.9 Å². The zero-order chi connectivity index (χ0) is 61.2. The van der Waals surface area contributed by atoms with E-state index in [1.54, 1.807) is 0 Å². The number of quaternary nitrogens is 1. The highest BCUT2D eigenvalue weighted by atomic mass is 16.7. The predicted octanol–water partition coefficient (Wildman–Crippen LogP) is 20.3. The zero-order valence-corrected chi connectivity index (χ0v) is 55.3. The van der Waals surface area contributed by atoms with Gasteiger partial charge in [-0.05, 0) is 77.0 Å². The van der Waals surface area contributed by atoms with Crippen LogP contribution in [0.2, 0.25) is 0 Å². The number of likely N-dealkylation sites (N-methyl/N-ethyl adjacent to an activating group) is 1. The lowest BCUT2D eigenvalue weighted by Gasteiger charge is -2.26. The van der Waals surface area contributed by atoms with Gasteiger partial charge >= 0.3 is 11.9 Å². The quantitative estimate of drug-likeness (QED) is 0.0195. The minimum Gasteiger partial charge on any atom is -0.545 e. The fourth-order valence-corrected chi connectivity index (χ4v) is 9.79. The molecule has 0 spiro atoms. The number of allylic oxidation sites excluding steroid dienone is 16. The van der Waals surface area contributed by atoms with E-state index in [0.29, 0.717) is 17.4 Å². The fourth-order valence-electron chi connectivity index (χ4n) is 9.79. The molecule has 484 valence electrons. The van der Waals surface area contributed by atoms with Crippen LogP contribution in [0.15, 0.2) is 97.2 Å². The van der Waals surface area contributed by atoms with Gasteiger partial charge in [-0.3, -0.25) is 9.59 Å². The lowest BCUT2D eigenvalue weighted by atomic mass is 10.0. The van der Waals surface area contributed by atoms with E-state index in [9.17, 15) is 19.5 Å². The van der Waals surface area contributed by atoms with Crippen LogP contribution in [0.3, 0.4) is 0 Å². The van der Waals surface area contributed by atoms with Crippen LogP contribution in [0.1, 0.15) is 303 Å². The second-order valence-corrected chi connectivity index (χ2v) is 24.4. The summed E-state index contributed by atoms with van der Waals surface area (Å²) in [7, 11) is 5.92. The Bertz CT molecular complexity index is 1700. The molecule has 0 radical (unpaired) electrons. The molecule has 2 unspecified atom stereocenters. The van der Waals surface area contributed by atoms with E-state index in [0.717, 1.165) is 109 Å². The predicted molar refractivity (Wildman–Crippen MR) is 357 cm³/mol. The van der Waals surface area contributed by atoms with Gasteiger partial charge < -0.3 is 33.3 Å². The minimum atomic E-state index is -1.63. The summed E-state index contributed by atoms with van der Waals surface area (Å²) in [4.78, 5) is 37.5. The van der Waals surface area contributed by atoms with Crippen molar-refractivity contribution in [2.24, 2.45) is 0 Å². The van der Waals surface area contributed by atoms with Gasteiger partial charge in [0.25, 0.3) is 0 Å². The molecule has 0 N–H and O–H groups in total. The number of hydrogen-bond donors (Lipinski definition) is 0. The Hall–Kier alpha value is -3.79. The highest BCUT2D eigenvalue weighted by molar-refractivity contribution is 5.70. The van der Waals surface area contributed by atoms with E-state index >= 15 is 0 Å². The number of hydrogen-bond acceptors (Lipinski definition) is 8. The first kappa shape index (κ1) is 80.2. The van der Waals surface area contributed by atoms with Crippen LogP contribution >= 0.6 is 0 Å². The summed E-state index contributed by atoms with van der Waals surface area (Å²) in [5.41, 5.74) is 0. The lowest BCUT2D eigenvalue weighted by Crippen LogP contribution is -2.44. The topological polar surface area (TPSA) is 111 Å². The molecule has 0 saturated heterocycles. The molecule has 0 saturated carbocycles. The maximum absolute atomic E-state index is 12.9. The van der Waals surface area contributed by atoms with Crippen LogP contribution in [0, 0.1) is 0 Å². The lowest BCUT2D eigenvalue weighted by molar-refractivity contribution is -0.870. The molecule has 9 heteroatoms. The molecule has 0 aliphatic rings. The number of ether oxygens (including phenoxy) is 4. The minimum absolute atomic E-state index is 0.141. The standard InChI is InChI=1S/C75H131NO8/c1-6-8-10-12-14-16-18-20-22-24-26-28-30-32-34-36-37-38-40-42-44-46-48-50-52-54-56-58-60-62-64-66-73(78)84-71(70-83-75(74(79)80)81-68-67-76(3,4)5)69-82-72(77)65-63-61-59-57-55-53-51-49-47-45-43-41-39-35-33-31-29-27-25-23-21-19-17-15-13-11-9-7-2/h8,10,14,16,20,22,26,28,32,34,37-38,42,44,48,50,71,75H,6-7,9,11-13,15,17-19,21,23-25,27,29-31,33,35-36,39-41,43,45-47,49,51-70H2,1-5H3/b10-8-,16-14-,22-20-,28-26-,34-32-,38-37-,44-42-,50-48-. The molecule has 0 amide bonds. The number of carboxylic acid groups (broad SMARTS) is 1. The summed E-state index contributed by atoms with van der Waals surface area (Å²) in [6, 6.07) is 0. The third-order valence-electron chi connectivity index (χ3n) is 15.1. The molecular formula is C75H131NO8. The van der Waals surface area contributed by atoms with Crippen LogP contribution in [0.4, 0.5) is 0 Å². The summed E-state index contributed by atoms with van der Waals surface area (Å²) in [6.07, 6.45) is 86.3. The second-order valence-electron chi connectivity index (χ2n) is 24.4. The maximum atomic E-state index is 12.9.